The molecule has 0 unspecified atom stereocenters. The number of carbonyl (C=O) groups is 1. The molecule has 0 bridgehead atoms. The van der Waals surface area contributed by atoms with Gasteiger partial charge in [0.05, 0.1) is 0 Å². The fourth-order valence-corrected chi connectivity index (χ4v) is 3.72. The number of fused-ring (bicyclic) bond motifs is 1. The fourth-order valence-electron chi connectivity index (χ4n) is 3.72. The van der Waals surface area contributed by atoms with Crippen molar-refractivity contribution in [2.24, 2.45) is 5.73 Å². The molecular formula is C20H23BN2O5. The van der Waals surface area contributed by atoms with Crippen LogP contribution in [0.15, 0.2) is 42.5 Å². The van der Waals surface area contributed by atoms with Crippen LogP contribution in [0.1, 0.15) is 27.5 Å². The van der Waals surface area contributed by atoms with E-state index in [0.29, 0.717) is 25.8 Å². The minimum Gasteiger partial charge on any atom is -0.535 e. The lowest BCUT2D eigenvalue weighted by atomic mass is 9.78. The number of nitrogens with two attached hydrogens (primary N) is 1. The second-order valence-electron chi connectivity index (χ2n) is 7.32. The monoisotopic (exact) mass is 382 g/mol. The van der Waals surface area contributed by atoms with Crippen LogP contribution in [0.2, 0.25) is 6.32 Å². The Balaban J connectivity index is 1.40. The first-order chi connectivity index (χ1) is 13.5. The Morgan fingerprint density at radius 2 is 2.04 bits per heavy atom. The predicted molar refractivity (Wildman–Crippen MR) is 105 cm³/mol. The molecule has 8 heteroatoms. The largest absolute Gasteiger partial charge is 0.535 e. The second kappa shape index (κ2) is 7.83. The molecule has 2 heterocycles. The maximum atomic E-state index is 11.8. The molecule has 1 fully saturated rings. The first-order valence-electron chi connectivity index (χ1n) is 9.44. The van der Waals surface area contributed by atoms with Gasteiger partial charge < -0.3 is 25.3 Å². The molecule has 146 valence electrons. The Hall–Kier alpha value is -2.55. The SMILES string of the molecule is N[C@@H](CN1CC(Oc2ccc3c(c2C(=O)O)OB(O)CC3)C1)c1ccccc1. The first kappa shape index (κ1) is 18.8. The van der Waals surface area contributed by atoms with Crippen molar-refractivity contribution in [2.45, 2.75) is 24.9 Å². The summed E-state index contributed by atoms with van der Waals surface area (Å²) < 4.78 is 11.3. The van der Waals surface area contributed by atoms with Crippen molar-refractivity contribution in [3.63, 3.8) is 0 Å². The van der Waals surface area contributed by atoms with E-state index in [-0.39, 0.29) is 29.2 Å². The summed E-state index contributed by atoms with van der Waals surface area (Å²) in [5.41, 5.74) is 8.10. The predicted octanol–water partition coefficient (Wildman–Crippen LogP) is 1.56. The van der Waals surface area contributed by atoms with Crippen LogP contribution in [0.25, 0.3) is 0 Å². The Labute approximate surface area is 163 Å². The van der Waals surface area contributed by atoms with E-state index in [1.165, 1.54) is 0 Å². The summed E-state index contributed by atoms with van der Waals surface area (Å²) in [6.45, 7) is 2.08. The van der Waals surface area contributed by atoms with Crippen molar-refractivity contribution < 1.29 is 24.3 Å². The summed E-state index contributed by atoms with van der Waals surface area (Å²) >= 11 is 0. The van der Waals surface area contributed by atoms with Crippen molar-refractivity contribution in [3.8, 4) is 11.5 Å². The summed E-state index contributed by atoms with van der Waals surface area (Å²) in [5, 5.41) is 19.4. The van der Waals surface area contributed by atoms with Crippen LogP contribution >= 0.6 is 0 Å². The van der Waals surface area contributed by atoms with Crippen LogP contribution in [0, 0.1) is 0 Å². The number of likely N-dealkylation sites (tertiary alicyclic amines) is 1. The zero-order valence-electron chi connectivity index (χ0n) is 15.5. The van der Waals surface area contributed by atoms with E-state index < -0.39 is 13.1 Å². The molecule has 1 atom stereocenters. The maximum Gasteiger partial charge on any atom is 0.522 e. The summed E-state index contributed by atoms with van der Waals surface area (Å²) in [6.07, 6.45) is 0.921. The number of aryl methyl sites for hydroxylation is 1. The van der Waals surface area contributed by atoms with Crippen molar-refractivity contribution >= 4 is 13.1 Å². The van der Waals surface area contributed by atoms with Crippen LogP contribution in [0.5, 0.6) is 11.5 Å². The van der Waals surface area contributed by atoms with Gasteiger partial charge in [-0.15, -0.1) is 0 Å². The van der Waals surface area contributed by atoms with Gasteiger partial charge in [-0.2, -0.15) is 0 Å². The Bertz CT molecular complexity index is 857. The molecular weight excluding hydrogens is 359 g/mol. The van der Waals surface area contributed by atoms with Gasteiger partial charge >= 0.3 is 13.1 Å². The fraction of sp³-hybridized carbons (Fsp3) is 0.350. The molecule has 0 saturated carbocycles. The number of carboxylic acids is 1. The molecule has 4 N–H and O–H groups in total. The lowest BCUT2D eigenvalue weighted by Gasteiger charge is -2.40. The van der Waals surface area contributed by atoms with Gasteiger partial charge in [-0.1, -0.05) is 36.4 Å². The number of hydrogen-bond acceptors (Lipinski definition) is 6. The van der Waals surface area contributed by atoms with Gasteiger partial charge in [0.1, 0.15) is 23.2 Å². The number of rotatable bonds is 6. The van der Waals surface area contributed by atoms with Crippen molar-refractivity contribution in [1.82, 2.24) is 4.90 Å². The molecule has 28 heavy (non-hydrogen) atoms. The van der Waals surface area contributed by atoms with Crippen molar-refractivity contribution in [3.05, 3.63) is 59.2 Å². The minimum absolute atomic E-state index is 0.0179. The van der Waals surface area contributed by atoms with Crippen LogP contribution in [-0.4, -0.2) is 53.9 Å². The highest BCUT2D eigenvalue weighted by Gasteiger charge is 2.34. The third-order valence-electron chi connectivity index (χ3n) is 5.23. The standard InChI is InChI=1S/C20H23BN2O5/c22-16(13-4-2-1-3-5-13)12-23-10-15(11-23)27-17-7-6-14-8-9-21(26)28-19(14)18(17)20(24)25/h1-7,15-16,26H,8-12,22H2,(H,24,25)/t16-/m0/s1. The van der Waals surface area contributed by atoms with Crippen LogP contribution in [0.3, 0.4) is 0 Å². The van der Waals surface area contributed by atoms with E-state index in [0.717, 1.165) is 17.7 Å². The van der Waals surface area contributed by atoms with Crippen LogP contribution in [-0.2, 0) is 6.42 Å². The summed E-state index contributed by atoms with van der Waals surface area (Å²) in [6, 6.07) is 13.4. The molecule has 1 saturated heterocycles. The van der Waals surface area contributed by atoms with E-state index in [1.807, 2.05) is 36.4 Å². The van der Waals surface area contributed by atoms with Crippen molar-refractivity contribution in [2.75, 3.05) is 19.6 Å². The zero-order chi connectivity index (χ0) is 19.7. The summed E-state index contributed by atoms with van der Waals surface area (Å²) in [5.74, 6) is -0.633. The number of hydrogen-bond donors (Lipinski definition) is 3. The molecule has 0 radical (unpaired) electrons. The Morgan fingerprint density at radius 3 is 2.75 bits per heavy atom. The van der Waals surface area contributed by atoms with Gasteiger partial charge in [0.2, 0.25) is 0 Å². The summed E-state index contributed by atoms with van der Waals surface area (Å²) in [7, 11) is -0.987. The molecule has 2 aromatic carbocycles. The van der Waals surface area contributed by atoms with Crippen molar-refractivity contribution in [1.29, 1.82) is 0 Å². The molecule has 2 aromatic rings. The van der Waals surface area contributed by atoms with Gasteiger partial charge in [0.25, 0.3) is 0 Å². The minimum atomic E-state index is -1.12. The highest BCUT2D eigenvalue weighted by Crippen LogP contribution is 2.37. The van der Waals surface area contributed by atoms with Gasteiger partial charge in [-0.3, -0.25) is 4.90 Å². The van der Waals surface area contributed by atoms with E-state index in [9.17, 15) is 14.9 Å². The van der Waals surface area contributed by atoms with E-state index >= 15 is 0 Å². The summed E-state index contributed by atoms with van der Waals surface area (Å²) in [4.78, 5) is 14.0. The topological polar surface area (TPSA) is 105 Å². The van der Waals surface area contributed by atoms with Crippen LogP contribution < -0.4 is 15.1 Å². The normalized spacial score (nSPS) is 18.0. The molecule has 4 rings (SSSR count). The number of aromatic carboxylic acids is 1. The third kappa shape index (κ3) is 3.85. The Kier molecular flexibility index (Phi) is 5.26. The molecule has 2 aliphatic heterocycles. The number of carboxylic acid groups (broad SMARTS) is 1. The van der Waals surface area contributed by atoms with E-state index in [4.69, 9.17) is 15.1 Å². The Morgan fingerprint density at radius 1 is 1.29 bits per heavy atom. The zero-order valence-corrected chi connectivity index (χ0v) is 15.5. The smallest absolute Gasteiger partial charge is 0.522 e. The van der Waals surface area contributed by atoms with Gasteiger partial charge in [-0.25, -0.2) is 4.79 Å². The lowest BCUT2D eigenvalue weighted by molar-refractivity contribution is 0.0153. The lowest BCUT2D eigenvalue weighted by Crippen LogP contribution is -2.55. The average molecular weight is 382 g/mol. The molecule has 0 amide bonds. The number of nitrogens with zero attached hydrogens (tertiary/aromatic N) is 1. The molecule has 7 nitrogen and oxygen atoms in total. The van der Waals surface area contributed by atoms with Gasteiger partial charge in [0.15, 0.2) is 0 Å². The van der Waals surface area contributed by atoms with E-state index in [1.54, 1.807) is 6.07 Å². The van der Waals surface area contributed by atoms with Gasteiger partial charge in [0, 0.05) is 25.7 Å². The van der Waals surface area contributed by atoms with Gasteiger partial charge in [-0.05, 0) is 29.9 Å². The van der Waals surface area contributed by atoms with E-state index in [2.05, 4.69) is 4.90 Å². The maximum absolute atomic E-state index is 11.8. The molecule has 2 aliphatic rings. The highest BCUT2D eigenvalue weighted by atomic mass is 16.5. The first-order valence-corrected chi connectivity index (χ1v) is 9.44. The molecule has 0 aromatic heterocycles. The number of benzene rings is 2. The second-order valence-corrected chi connectivity index (χ2v) is 7.32. The highest BCUT2D eigenvalue weighted by molar-refractivity contribution is 6.44. The molecule has 0 aliphatic carbocycles. The quantitative estimate of drug-likeness (QED) is 0.652. The average Bonchev–Trinajstić information content (AvgIpc) is 2.66. The van der Waals surface area contributed by atoms with Crippen LogP contribution in [0.4, 0.5) is 0 Å². The number of ether oxygens (including phenoxy) is 1. The molecule has 0 spiro atoms. The third-order valence-corrected chi connectivity index (χ3v) is 5.23.